The Balaban J connectivity index is 2.41. The van der Waals surface area contributed by atoms with Gasteiger partial charge in [0.1, 0.15) is 0 Å². The molecule has 0 spiro atoms. The molecule has 4 heavy (non-hydrogen) atoms. The predicted octanol–water partition coefficient (Wildman–Crippen LogP) is 0.265. The molecule has 1 nitrogen and oxygen atoms in total. The predicted molar refractivity (Wildman–Crippen MR) is 17.8 cm³/mol. The van der Waals surface area contributed by atoms with E-state index in [1.807, 2.05) is 0 Å². The molecule has 0 aliphatic carbocycles. The Hall–Kier alpha value is 0.390. The van der Waals surface area contributed by atoms with Crippen molar-refractivity contribution in [3.8, 4) is 0 Å². The molecule has 2 heteroatoms. The summed E-state index contributed by atoms with van der Waals surface area (Å²) in [5.74, 6) is -0.697. The van der Waals surface area contributed by atoms with E-state index in [0.717, 1.165) is 0 Å². The first-order valence-electron chi connectivity index (χ1n) is 2.03. The fourth-order valence-corrected chi connectivity index (χ4v) is 0.100. The van der Waals surface area contributed by atoms with Crippen LogP contribution >= 0.6 is 8.58 Å². The molecule has 1 atom stereocenters. The van der Waals surface area contributed by atoms with Crippen LogP contribution in [0.3, 0.4) is 0 Å². The lowest BCUT2D eigenvalue weighted by molar-refractivity contribution is 0.312. The molecule has 1 aliphatic heterocycles. The second-order valence-electron chi connectivity index (χ2n) is 0.632. The maximum atomic E-state index is 8.31. The number of hydrogen-bond donors (Lipinski definition) is 1. The highest BCUT2D eigenvalue weighted by Crippen LogP contribution is 2.34. The topological polar surface area (TPSA) is 20.2 Å². The second kappa shape index (κ2) is 0.667. The summed E-state index contributed by atoms with van der Waals surface area (Å²) in [5, 5.41) is 8.31. The molecular formula is C2H4OP-. The number of aliphatic hydroxyl groups is 1. The molecule has 24 valence electrons. The monoisotopic (exact) mass is 79.0 g/mol. The third-order valence-corrected chi connectivity index (χ3v) is 0.734. The van der Waals surface area contributed by atoms with Crippen molar-refractivity contribution in [3.05, 3.63) is 0 Å². The minimum atomic E-state index is -1.26. The van der Waals surface area contributed by atoms with Gasteiger partial charge in [0.15, 0.2) is 0 Å². The Morgan fingerprint density at radius 1 is 2.50 bits per heavy atom. The fourth-order valence-electron chi connectivity index (χ4n) is 0.0333. The summed E-state index contributed by atoms with van der Waals surface area (Å²) >= 11 is 0. The highest BCUT2D eigenvalue weighted by atomic mass is 31.1. The van der Waals surface area contributed by atoms with E-state index >= 15 is 0 Å². The maximum Gasteiger partial charge on any atom is -0.00694 e. The molecule has 1 rings (SSSR count). The molecule has 0 aromatic rings. The Morgan fingerprint density at radius 3 is 2.75 bits per heavy atom. The molecule has 1 N–H and O–H groups in total. The molecule has 0 aromatic carbocycles. The van der Waals surface area contributed by atoms with Gasteiger partial charge in [-0.2, -0.15) is 6.11 Å². The molecule has 0 aromatic heterocycles. The van der Waals surface area contributed by atoms with E-state index in [4.69, 9.17) is 7.85 Å². The first kappa shape index (κ1) is 1.24. The van der Waals surface area contributed by atoms with Crippen LogP contribution in [0.4, 0.5) is 0 Å². The average molecular weight is 79.0 g/mol. The van der Waals surface area contributed by atoms with E-state index < -0.39 is 12.0 Å². The van der Waals surface area contributed by atoms with Gasteiger partial charge >= 0.3 is 0 Å². The highest BCUT2D eigenvalue weighted by molar-refractivity contribution is 7.47. The first-order chi connectivity index (χ1) is 2.63. The SMILES string of the molecule is [3H]C1([3H])[P-]C1O. The Morgan fingerprint density at radius 2 is 2.75 bits per heavy atom. The molecular weight excluding hydrogens is 71.0 g/mol. The fraction of sp³-hybridized carbons (Fsp3) is 1.00. The van der Waals surface area contributed by atoms with Crippen LogP contribution in [0, 0.1) is 0 Å². The second-order valence-corrected chi connectivity index (χ2v) is 1.64. The zero-order valence-electron chi connectivity index (χ0n) is 3.97. The zero-order chi connectivity index (χ0) is 4.78. The van der Waals surface area contributed by atoms with Gasteiger partial charge in [-0.15, -0.1) is 0 Å². The van der Waals surface area contributed by atoms with Crippen molar-refractivity contribution >= 4 is 8.58 Å². The normalized spacial score (nSPS) is 65.8. The summed E-state index contributed by atoms with van der Waals surface area (Å²) in [5.41, 5.74) is 0. The third-order valence-electron chi connectivity index (χ3n) is 0.245. The Labute approximate surface area is 29.6 Å². The molecule has 1 aliphatic rings. The lowest BCUT2D eigenvalue weighted by Gasteiger charge is -1.73. The van der Waals surface area contributed by atoms with E-state index in [9.17, 15) is 0 Å². The molecule has 1 unspecified atom stereocenters. The zero-order valence-corrected chi connectivity index (χ0v) is 2.87. The largest absolute Gasteiger partial charge is 0.510 e. The van der Waals surface area contributed by atoms with E-state index in [-0.39, 0.29) is 0 Å². The smallest absolute Gasteiger partial charge is 0.00694 e. The standard InChI is InChI=1S/C2H4OP/c3-2-1-4-2/h2-3H,1H2/q-1/i1T2. The van der Waals surface area contributed by atoms with Crippen LogP contribution in [0.1, 0.15) is 2.74 Å². The molecule has 0 radical (unpaired) electrons. The van der Waals surface area contributed by atoms with Gasteiger partial charge in [-0.1, -0.05) is 5.85 Å². The van der Waals surface area contributed by atoms with Crippen molar-refractivity contribution in [1.82, 2.24) is 0 Å². The highest BCUT2D eigenvalue weighted by Gasteiger charge is 1.92. The van der Waals surface area contributed by atoms with Gasteiger partial charge in [0, 0.05) is 0 Å². The number of rotatable bonds is 0. The van der Waals surface area contributed by atoms with Crippen LogP contribution < -0.4 is 0 Å². The third kappa shape index (κ3) is 0.402. The molecule has 1 saturated heterocycles. The van der Waals surface area contributed by atoms with E-state index in [0.29, 0.717) is 8.58 Å². The summed E-state index contributed by atoms with van der Waals surface area (Å²) in [6.07, 6.45) is -1.26. The summed E-state index contributed by atoms with van der Waals surface area (Å²) in [6, 6.07) is 0. The Kier molecular flexibility index (Phi) is 0.206. The maximum absolute atomic E-state index is 8.31. The molecule has 1 fully saturated rings. The minimum Gasteiger partial charge on any atom is -0.510 e. The molecule has 1 heterocycles. The van der Waals surface area contributed by atoms with Crippen molar-refractivity contribution in [2.75, 3.05) is 6.11 Å². The van der Waals surface area contributed by atoms with Gasteiger partial charge < -0.3 is 13.7 Å². The summed E-state index contributed by atoms with van der Waals surface area (Å²) < 4.78 is 13.3. The average Bonchev–Trinajstić information content (AvgIpc) is 1.73. The summed E-state index contributed by atoms with van der Waals surface area (Å²) in [6.45, 7) is 0. The van der Waals surface area contributed by atoms with Crippen LogP contribution in [0.25, 0.3) is 0 Å². The van der Waals surface area contributed by atoms with Gasteiger partial charge in [0.2, 0.25) is 0 Å². The molecule has 0 amide bonds. The van der Waals surface area contributed by atoms with Crippen LogP contribution in [0.2, 0.25) is 0 Å². The van der Waals surface area contributed by atoms with Crippen molar-refractivity contribution in [3.63, 3.8) is 0 Å². The van der Waals surface area contributed by atoms with E-state index in [1.54, 1.807) is 0 Å². The quantitative estimate of drug-likeness (QED) is 0.413. The van der Waals surface area contributed by atoms with Gasteiger partial charge in [0.25, 0.3) is 0 Å². The minimum absolute atomic E-state index is 0.530. The van der Waals surface area contributed by atoms with Gasteiger partial charge in [-0.3, -0.25) is 0 Å². The van der Waals surface area contributed by atoms with Gasteiger partial charge in [-0.25, -0.2) is 0 Å². The van der Waals surface area contributed by atoms with Gasteiger partial charge in [-0.05, 0) is 2.74 Å². The molecule has 0 bridgehead atoms. The van der Waals surface area contributed by atoms with Crippen LogP contribution in [0.5, 0.6) is 0 Å². The van der Waals surface area contributed by atoms with E-state index in [2.05, 4.69) is 0 Å². The lowest BCUT2D eigenvalue weighted by Crippen LogP contribution is -1.67. The van der Waals surface area contributed by atoms with Crippen LogP contribution in [-0.2, 0) is 0 Å². The first-order valence-corrected chi connectivity index (χ1v) is 1.99. The van der Waals surface area contributed by atoms with Crippen molar-refractivity contribution in [2.45, 2.75) is 5.85 Å². The number of hydrogen-bond acceptors (Lipinski definition) is 1. The lowest BCUT2D eigenvalue weighted by atomic mass is 10.9. The van der Waals surface area contributed by atoms with Crippen molar-refractivity contribution in [2.24, 2.45) is 0 Å². The van der Waals surface area contributed by atoms with Gasteiger partial charge in [0.05, 0.1) is 0 Å². The van der Waals surface area contributed by atoms with Crippen molar-refractivity contribution < 1.29 is 7.85 Å². The van der Waals surface area contributed by atoms with Crippen molar-refractivity contribution in [1.29, 1.82) is 0 Å². The van der Waals surface area contributed by atoms with E-state index in [1.165, 1.54) is 0 Å². The molecule has 0 saturated carbocycles. The number of aliphatic hydroxyl groups excluding tert-OH is 1. The van der Waals surface area contributed by atoms with Crippen LogP contribution in [0.15, 0.2) is 0 Å². The summed E-state index contributed by atoms with van der Waals surface area (Å²) in [4.78, 5) is 0. The Bertz CT molecular complexity index is 73.9. The van der Waals surface area contributed by atoms with Crippen LogP contribution in [-0.4, -0.2) is 17.1 Å². The summed E-state index contributed by atoms with van der Waals surface area (Å²) in [7, 11) is 0.530.